The van der Waals surface area contributed by atoms with E-state index < -0.39 is 6.09 Å². The van der Waals surface area contributed by atoms with Gasteiger partial charge in [-0.05, 0) is 12.1 Å². The Kier molecular flexibility index (Phi) is 3.66. The number of carbonyl (C=O) groups excluding carboxylic acids is 1. The summed E-state index contributed by atoms with van der Waals surface area (Å²) in [7, 11) is 0. The van der Waals surface area contributed by atoms with Crippen molar-refractivity contribution < 1.29 is 9.53 Å². The third-order valence-corrected chi connectivity index (χ3v) is 2.64. The van der Waals surface area contributed by atoms with Crippen LogP contribution in [0.15, 0.2) is 54.4 Å². The van der Waals surface area contributed by atoms with E-state index in [0.717, 1.165) is 0 Å². The molecule has 0 unspecified atom stereocenters. The van der Waals surface area contributed by atoms with Crippen molar-refractivity contribution in [2.45, 2.75) is 6.54 Å². The zero-order valence-corrected chi connectivity index (χ0v) is 10.4. The van der Waals surface area contributed by atoms with Crippen LogP contribution in [-0.2, 0) is 11.3 Å². The number of fused-ring (bicyclic) bond motifs is 1. The van der Waals surface area contributed by atoms with E-state index in [9.17, 15) is 9.59 Å². The largest absolute Gasteiger partial charge is 0.444 e. The summed E-state index contributed by atoms with van der Waals surface area (Å²) in [6, 6.07) is 6.89. The van der Waals surface area contributed by atoms with Crippen molar-refractivity contribution in [3.05, 3.63) is 59.9 Å². The normalized spacial score (nSPS) is 10.3. The van der Waals surface area contributed by atoms with Crippen LogP contribution in [-0.4, -0.2) is 22.1 Å². The lowest BCUT2D eigenvalue weighted by Gasteiger charge is -2.09. The summed E-state index contributed by atoms with van der Waals surface area (Å²) in [6.45, 7) is 7.39. The number of nitrogens with zero attached hydrogens (tertiary/aromatic N) is 2. The summed E-state index contributed by atoms with van der Waals surface area (Å²) in [5.41, 5.74) is 0.273. The van der Waals surface area contributed by atoms with Gasteiger partial charge in [0.05, 0.1) is 17.4 Å². The fourth-order valence-corrected chi connectivity index (χ4v) is 1.87. The number of allylic oxidation sites excluding steroid dienone is 1. The van der Waals surface area contributed by atoms with Crippen molar-refractivity contribution in [3.8, 4) is 0 Å². The molecule has 0 radical (unpaired) electrons. The Morgan fingerprint density at radius 1 is 1.26 bits per heavy atom. The van der Waals surface area contributed by atoms with Gasteiger partial charge in [0.2, 0.25) is 0 Å². The minimum atomic E-state index is -0.611. The highest BCUT2D eigenvalue weighted by Crippen LogP contribution is 2.11. The molecule has 5 heteroatoms. The molecule has 2 rings (SSSR count). The molecular weight excluding hydrogens is 244 g/mol. The fourth-order valence-electron chi connectivity index (χ4n) is 1.87. The first-order chi connectivity index (χ1) is 9.20. The Balaban J connectivity index is 2.65. The maximum Gasteiger partial charge on any atom is 0.434 e. The lowest BCUT2D eigenvalue weighted by atomic mass is 10.2. The van der Waals surface area contributed by atoms with E-state index >= 15 is 0 Å². The second kappa shape index (κ2) is 5.39. The van der Waals surface area contributed by atoms with Gasteiger partial charge in [0, 0.05) is 0 Å². The lowest BCUT2D eigenvalue weighted by molar-refractivity contribution is 0.153. The van der Waals surface area contributed by atoms with Gasteiger partial charge in [-0.25, -0.2) is 9.48 Å². The molecule has 98 valence electrons. The molecule has 1 heterocycles. The molecular formula is C14H14N2O3. The van der Waals surface area contributed by atoms with Gasteiger partial charge in [-0.2, -0.15) is 4.68 Å². The predicted molar refractivity (Wildman–Crippen MR) is 73.3 cm³/mol. The number of benzene rings is 1. The summed E-state index contributed by atoms with van der Waals surface area (Å²) >= 11 is 0. The SMILES string of the molecule is C=CCOC(=O)n1c2ccccc2c(=O)n1CC=C. The Bertz CT molecular complexity index is 694. The monoisotopic (exact) mass is 258 g/mol. The van der Waals surface area contributed by atoms with Gasteiger partial charge in [-0.1, -0.05) is 30.9 Å². The molecule has 0 aliphatic heterocycles. The van der Waals surface area contributed by atoms with Crippen molar-refractivity contribution in [2.75, 3.05) is 6.61 Å². The summed E-state index contributed by atoms with van der Waals surface area (Å²) in [4.78, 5) is 24.2. The van der Waals surface area contributed by atoms with Gasteiger partial charge in [-0.3, -0.25) is 4.79 Å². The third-order valence-electron chi connectivity index (χ3n) is 2.64. The quantitative estimate of drug-likeness (QED) is 0.790. The standard InChI is InChI=1S/C14H14N2O3/c1-3-9-15-13(17)11-7-5-6-8-12(11)16(15)14(18)19-10-4-2/h3-8H,1-2,9-10H2. The Morgan fingerprint density at radius 2 is 2.00 bits per heavy atom. The smallest absolute Gasteiger partial charge is 0.434 e. The average molecular weight is 258 g/mol. The van der Waals surface area contributed by atoms with Crippen LogP contribution < -0.4 is 5.56 Å². The Morgan fingerprint density at radius 3 is 2.68 bits per heavy atom. The van der Waals surface area contributed by atoms with E-state index in [2.05, 4.69) is 13.2 Å². The number of hydrogen-bond donors (Lipinski definition) is 0. The molecule has 0 aliphatic carbocycles. The van der Waals surface area contributed by atoms with Gasteiger partial charge in [0.15, 0.2) is 0 Å². The van der Waals surface area contributed by atoms with E-state index in [0.29, 0.717) is 10.9 Å². The van der Waals surface area contributed by atoms with Crippen molar-refractivity contribution >= 4 is 17.0 Å². The highest BCUT2D eigenvalue weighted by Gasteiger charge is 2.17. The highest BCUT2D eigenvalue weighted by atomic mass is 16.6. The molecule has 0 aliphatic rings. The van der Waals surface area contributed by atoms with E-state index in [1.807, 2.05) is 0 Å². The molecule has 0 atom stereocenters. The van der Waals surface area contributed by atoms with Crippen molar-refractivity contribution in [2.24, 2.45) is 0 Å². The lowest BCUT2D eigenvalue weighted by Crippen LogP contribution is -2.28. The van der Waals surface area contributed by atoms with E-state index in [1.54, 1.807) is 30.3 Å². The van der Waals surface area contributed by atoms with Crippen molar-refractivity contribution in [1.29, 1.82) is 0 Å². The van der Waals surface area contributed by atoms with E-state index in [1.165, 1.54) is 15.4 Å². The molecule has 0 amide bonds. The minimum Gasteiger partial charge on any atom is -0.444 e. The van der Waals surface area contributed by atoms with Crippen LogP contribution in [0.3, 0.4) is 0 Å². The molecule has 5 nitrogen and oxygen atoms in total. The van der Waals surface area contributed by atoms with Crippen LogP contribution >= 0.6 is 0 Å². The van der Waals surface area contributed by atoms with Crippen molar-refractivity contribution in [3.63, 3.8) is 0 Å². The summed E-state index contributed by atoms with van der Waals surface area (Å²) in [6.07, 6.45) is 2.41. The molecule has 0 spiro atoms. The minimum absolute atomic E-state index is 0.0909. The van der Waals surface area contributed by atoms with Crippen LogP contribution in [0.5, 0.6) is 0 Å². The predicted octanol–water partition coefficient (Wildman–Crippen LogP) is 2.16. The maximum atomic E-state index is 12.2. The maximum absolute atomic E-state index is 12.2. The van der Waals surface area contributed by atoms with Crippen LogP contribution in [0.1, 0.15) is 0 Å². The number of rotatable bonds is 4. The molecule has 0 saturated heterocycles. The number of para-hydroxylation sites is 1. The molecule has 1 aromatic heterocycles. The molecule has 0 N–H and O–H groups in total. The van der Waals surface area contributed by atoms with E-state index in [4.69, 9.17) is 4.74 Å². The zero-order chi connectivity index (χ0) is 13.8. The van der Waals surface area contributed by atoms with Gasteiger partial charge in [0.1, 0.15) is 6.61 Å². The first-order valence-corrected chi connectivity index (χ1v) is 5.80. The van der Waals surface area contributed by atoms with Gasteiger partial charge in [0.25, 0.3) is 5.56 Å². The fraction of sp³-hybridized carbons (Fsp3) is 0.143. The highest BCUT2D eigenvalue weighted by molar-refractivity contribution is 5.87. The molecule has 0 bridgehead atoms. The zero-order valence-electron chi connectivity index (χ0n) is 10.4. The summed E-state index contributed by atoms with van der Waals surface area (Å²) < 4.78 is 7.52. The van der Waals surface area contributed by atoms with Crippen LogP contribution in [0.4, 0.5) is 4.79 Å². The van der Waals surface area contributed by atoms with Crippen LogP contribution in [0.25, 0.3) is 10.9 Å². The van der Waals surface area contributed by atoms with Gasteiger partial charge < -0.3 is 4.74 Å². The summed E-state index contributed by atoms with van der Waals surface area (Å²) in [5, 5.41) is 0.472. The third kappa shape index (κ3) is 2.22. The van der Waals surface area contributed by atoms with Crippen molar-refractivity contribution in [1.82, 2.24) is 9.36 Å². The van der Waals surface area contributed by atoms with Crippen LogP contribution in [0, 0.1) is 0 Å². The molecule has 0 saturated carbocycles. The number of aromatic nitrogens is 2. The average Bonchev–Trinajstić information content (AvgIpc) is 2.71. The molecule has 0 fully saturated rings. The molecule has 19 heavy (non-hydrogen) atoms. The van der Waals surface area contributed by atoms with Crippen LogP contribution in [0.2, 0.25) is 0 Å². The summed E-state index contributed by atoms with van der Waals surface area (Å²) in [5.74, 6) is 0. The number of ether oxygens (including phenoxy) is 1. The first kappa shape index (κ1) is 12.9. The van der Waals surface area contributed by atoms with E-state index in [-0.39, 0.29) is 18.7 Å². The number of carbonyl (C=O) groups is 1. The Labute approximate surface area is 110 Å². The second-order valence-corrected chi connectivity index (χ2v) is 3.87. The molecule has 1 aromatic carbocycles. The first-order valence-electron chi connectivity index (χ1n) is 5.80. The topological polar surface area (TPSA) is 53.2 Å². The number of hydrogen-bond acceptors (Lipinski definition) is 3. The van der Waals surface area contributed by atoms with Gasteiger partial charge in [-0.15, -0.1) is 6.58 Å². The second-order valence-electron chi connectivity index (χ2n) is 3.87. The van der Waals surface area contributed by atoms with Gasteiger partial charge >= 0.3 is 6.09 Å². The Hall–Kier alpha value is -2.56. The molecule has 2 aromatic rings.